The summed E-state index contributed by atoms with van der Waals surface area (Å²) in [5.41, 5.74) is 1.29. The molecule has 0 radical (unpaired) electrons. The average Bonchev–Trinajstić information content (AvgIpc) is 3.32. The summed E-state index contributed by atoms with van der Waals surface area (Å²) >= 11 is 0. The van der Waals surface area contributed by atoms with Gasteiger partial charge in [-0.2, -0.15) is 5.10 Å². The zero-order chi connectivity index (χ0) is 17.9. The van der Waals surface area contributed by atoms with Crippen LogP contribution in [0.4, 0.5) is 10.1 Å². The van der Waals surface area contributed by atoms with Crippen LogP contribution in [-0.2, 0) is 0 Å². The SMILES string of the molecule is O=C(Nc1ccccc1)c1cnn(-c2ccccc2F)c1-n1cccc1. The summed E-state index contributed by atoms with van der Waals surface area (Å²) in [5.74, 6) is -0.268. The predicted octanol–water partition coefficient (Wildman–Crippen LogP) is 4.05. The summed E-state index contributed by atoms with van der Waals surface area (Å²) in [5, 5.41) is 7.10. The van der Waals surface area contributed by atoms with Gasteiger partial charge in [-0.1, -0.05) is 30.3 Å². The van der Waals surface area contributed by atoms with Crippen LogP contribution in [0.15, 0.2) is 85.3 Å². The Hall–Kier alpha value is -3.67. The van der Waals surface area contributed by atoms with E-state index in [1.54, 1.807) is 47.3 Å². The maximum absolute atomic E-state index is 14.3. The van der Waals surface area contributed by atoms with Crippen molar-refractivity contribution < 1.29 is 9.18 Å². The molecular formula is C20H15FN4O. The van der Waals surface area contributed by atoms with E-state index >= 15 is 0 Å². The molecule has 1 N–H and O–H groups in total. The monoisotopic (exact) mass is 346 g/mol. The summed E-state index contributed by atoms with van der Waals surface area (Å²) in [4.78, 5) is 12.8. The van der Waals surface area contributed by atoms with Crippen LogP contribution in [0.1, 0.15) is 10.4 Å². The largest absolute Gasteiger partial charge is 0.322 e. The van der Waals surface area contributed by atoms with Crippen molar-refractivity contribution in [3.05, 3.63) is 96.7 Å². The second-order valence-electron chi connectivity index (χ2n) is 5.66. The first-order chi connectivity index (χ1) is 12.7. The number of para-hydroxylation sites is 2. The van der Waals surface area contributed by atoms with E-state index in [9.17, 15) is 9.18 Å². The molecule has 0 bridgehead atoms. The summed E-state index contributed by atoms with van der Waals surface area (Å²) in [7, 11) is 0. The molecule has 0 saturated carbocycles. The molecule has 0 spiro atoms. The van der Waals surface area contributed by atoms with E-state index in [1.807, 2.05) is 30.3 Å². The fourth-order valence-electron chi connectivity index (χ4n) is 2.75. The van der Waals surface area contributed by atoms with E-state index in [0.717, 1.165) is 0 Å². The number of hydrogen-bond acceptors (Lipinski definition) is 2. The number of nitrogens with zero attached hydrogens (tertiary/aromatic N) is 3. The van der Waals surface area contributed by atoms with Crippen molar-refractivity contribution in [2.24, 2.45) is 0 Å². The van der Waals surface area contributed by atoms with Crippen LogP contribution >= 0.6 is 0 Å². The fourth-order valence-corrected chi connectivity index (χ4v) is 2.75. The Kier molecular flexibility index (Phi) is 4.07. The van der Waals surface area contributed by atoms with Gasteiger partial charge in [-0.25, -0.2) is 9.07 Å². The number of rotatable bonds is 4. The highest BCUT2D eigenvalue weighted by molar-refractivity contribution is 6.06. The van der Waals surface area contributed by atoms with E-state index in [-0.39, 0.29) is 11.6 Å². The lowest BCUT2D eigenvalue weighted by molar-refractivity contribution is 0.102. The van der Waals surface area contributed by atoms with Gasteiger partial charge in [0.15, 0.2) is 5.82 Å². The molecule has 128 valence electrons. The van der Waals surface area contributed by atoms with E-state index < -0.39 is 5.82 Å². The Morgan fingerprint density at radius 2 is 1.62 bits per heavy atom. The van der Waals surface area contributed by atoms with E-state index in [4.69, 9.17) is 0 Å². The van der Waals surface area contributed by atoms with Crippen LogP contribution in [0.2, 0.25) is 0 Å². The van der Waals surface area contributed by atoms with Crippen molar-refractivity contribution in [3.63, 3.8) is 0 Å². The van der Waals surface area contributed by atoms with Gasteiger partial charge in [-0.15, -0.1) is 0 Å². The summed E-state index contributed by atoms with van der Waals surface area (Å²) in [6.07, 6.45) is 5.02. The molecule has 0 unspecified atom stereocenters. The van der Waals surface area contributed by atoms with Gasteiger partial charge >= 0.3 is 0 Å². The maximum Gasteiger partial charge on any atom is 0.261 e. The molecule has 6 heteroatoms. The summed E-state index contributed by atoms with van der Waals surface area (Å²) in [6.45, 7) is 0. The van der Waals surface area contributed by atoms with Crippen LogP contribution in [0.3, 0.4) is 0 Å². The second kappa shape index (κ2) is 6.68. The molecule has 4 aromatic rings. The highest BCUT2D eigenvalue weighted by Gasteiger charge is 2.21. The zero-order valence-corrected chi connectivity index (χ0v) is 13.7. The molecule has 1 amide bonds. The lowest BCUT2D eigenvalue weighted by atomic mass is 10.2. The first-order valence-corrected chi connectivity index (χ1v) is 8.07. The van der Waals surface area contributed by atoms with Crippen molar-refractivity contribution in [3.8, 4) is 11.5 Å². The highest BCUT2D eigenvalue weighted by atomic mass is 19.1. The number of halogens is 1. The number of carbonyl (C=O) groups is 1. The molecule has 0 atom stereocenters. The minimum Gasteiger partial charge on any atom is -0.322 e. The van der Waals surface area contributed by atoms with Gasteiger partial charge in [0.1, 0.15) is 17.1 Å². The molecule has 5 nitrogen and oxygen atoms in total. The van der Waals surface area contributed by atoms with Crippen molar-refractivity contribution in [1.82, 2.24) is 14.3 Å². The molecule has 0 aliphatic heterocycles. The number of carbonyl (C=O) groups excluding carboxylic acids is 1. The Morgan fingerprint density at radius 3 is 2.35 bits per heavy atom. The van der Waals surface area contributed by atoms with Crippen molar-refractivity contribution in [1.29, 1.82) is 0 Å². The van der Waals surface area contributed by atoms with Crippen molar-refractivity contribution >= 4 is 11.6 Å². The Labute approximate surface area is 149 Å². The Balaban J connectivity index is 1.81. The van der Waals surface area contributed by atoms with Gasteiger partial charge in [0.05, 0.1) is 6.20 Å². The molecule has 2 aromatic carbocycles. The standard InChI is InChI=1S/C20H15FN4O/c21-17-10-4-5-11-18(17)25-20(24-12-6-7-13-24)16(14-22-25)19(26)23-15-8-2-1-3-9-15/h1-14H,(H,23,26). The van der Waals surface area contributed by atoms with E-state index in [2.05, 4.69) is 10.4 Å². The molecule has 2 aromatic heterocycles. The van der Waals surface area contributed by atoms with Crippen LogP contribution in [0, 0.1) is 5.82 Å². The number of benzene rings is 2. The molecule has 0 saturated heterocycles. The predicted molar refractivity (Wildman–Crippen MR) is 97.2 cm³/mol. The van der Waals surface area contributed by atoms with Crippen LogP contribution in [-0.4, -0.2) is 20.3 Å². The first-order valence-electron chi connectivity index (χ1n) is 8.07. The third-order valence-electron chi connectivity index (χ3n) is 3.95. The Morgan fingerprint density at radius 1 is 0.923 bits per heavy atom. The third kappa shape index (κ3) is 2.88. The number of amides is 1. The molecule has 2 heterocycles. The van der Waals surface area contributed by atoms with Crippen LogP contribution in [0.5, 0.6) is 0 Å². The van der Waals surface area contributed by atoms with Gasteiger partial charge in [-0.05, 0) is 36.4 Å². The van der Waals surface area contributed by atoms with E-state index in [0.29, 0.717) is 17.1 Å². The van der Waals surface area contributed by atoms with Crippen molar-refractivity contribution in [2.45, 2.75) is 0 Å². The normalized spacial score (nSPS) is 10.7. The number of nitrogens with one attached hydrogen (secondary N) is 1. The van der Waals surface area contributed by atoms with Crippen LogP contribution in [0.25, 0.3) is 11.5 Å². The molecule has 0 fully saturated rings. The molecule has 4 rings (SSSR count). The smallest absolute Gasteiger partial charge is 0.261 e. The molecule has 0 aliphatic carbocycles. The third-order valence-corrected chi connectivity index (χ3v) is 3.95. The van der Waals surface area contributed by atoms with Crippen LogP contribution < -0.4 is 5.32 Å². The lowest BCUT2D eigenvalue weighted by Gasteiger charge is -2.11. The highest BCUT2D eigenvalue weighted by Crippen LogP contribution is 2.22. The van der Waals surface area contributed by atoms with Gasteiger partial charge in [0.2, 0.25) is 0 Å². The van der Waals surface area contributed by atoms with E-state index in [1.165, 1.54) is 16.9 Å². The maximum atomic E-state index is 14.3. The Bertz CT molecular complexity index is 1040. The minimum atomic E-state index is -0.418. The minimum absolute atomic E-state index is 0.273. The quantitative estimate of drug-likeness (QED) is 0.606. The topological polar surface area (TPSA) is 51.9 Å². The summed E-state index contributed by atoms with van der Waals surface area (Å²) in [6, 6.07) is 19.1. The molecule has 0 aliphatic rings. The average molecular weight is 346 g/mol. The zero-order valence-electron chi connectivity index (χ0n) is 13.7. The lowest BCUT2D eigenvalue weighted by Crippen LogP contribution is -2.15. The van der Waals surface area contributed by atoms with Gasteiger partial charge in [0, 0.05) is 18.1 Å². The van der Waals surface area contributed by atoms with Crippen molar-refractivity contribution in [2.75, 3.05) is 5.32 Å². The molecule has 26 heavy (non-hydrogen) atoms. The second-order valence-corrected chi connectivity index (χ2v) is 5.66. The number of aromatic nitrogens is 3. The van der Waals surface area contributed by atoms with Gasteiger partial charge in [0.25, 0.3) is 5.91 Å². The van der Waals surface area contributed by atoms with Gasteiger partial charge in [-0.3, -0.25) is 4.79 Å². The molecular weight excluding hydrogens is 331 g/mol. The fraction of sp³-hybridized carbons (Fsp3) is 0. The van der Waals surface area contributed by atoms with Gasteiger partial charge < -0.3 is 9.88 Å². The first kappa shape index (κ1) is 15.8. The number of hydrogen-bond donors (Lipinski definition) is 1. The summed E-state index contributed by atoms with van der Waals surface area (Å²) < 4.78 is 17.4. The number of anilines is 1.